The van der Waals surface area contributed by atoms with Gasteiger partial charge in [-0.3, -0.25) is 9.59 Å². The second kappa shape index (κ2) is 11.3. The van der Waals surface area contributed by atoms with Crippen molar-refractivity contribution in [3.63, 3.8) is 0 Å². The van der Waals surface area contributed by atoms with Crippen LogP contribution in [-0.4, -0.2) is 58.8 Å². The minimum absolute atomic E-state index is 0.0274. The first kappa shape index (κ1) is 25.8. The first-order valence-corrected chi connectivity index (χ1v) is 12.7. The molecule has 1 saturated heterocycles. The van der Waals surface area contributed by atoms with Crippen LogP contribution < -0.4 is 10.3 Å². The number of amides is 2. The van der Waals surface area contributed by atoms with E-state index in [1.165, 1.54) is 18.2 Å². The summed E-state index contributed by atoms with van der Waals surface area (Å²) in [5, 5.41) is 24.0. The number of fused-ring (bicyclic) bond motifs is 1. The Bertz CT molecular complexity index is 1620. The molecule has 10 heteroatoms. The van der Waals surface area contributed by atoms with E-state index >= 15 is 0 Å². The first-order chi connectivity index (χ1) is 18.9. The number of aromatic hydroxyl groups is 1. The lowest BCUT2D eigenvalue weighted by Crippen LogP contribution is -2.49. The molecule has 0 radical (unpaired) electrons. The van der Waals surface area contributed by atoms with E-state index in [1.54, 1.807) is 6.21 Å². The number of hydrazone groups is 1. The van der Waals surface area contributed by atoms with Crippen LogP contribution in [0.1, 0.15) is 21.5 Å². The Kier molecular flexibility index (Phi) is 7.48. The number of rotatable bonds is 6. The van der Waals surface area contributed by atoms with E-state index in [-0.39, 0.29) is 28.8 Å². The third-order valence-electron chi connectivity index (χ3n) is 6.73. The van der Waals surface area contributed by atoms with E-state index in [2.05, 4.69) is 21.5 Å². The molecule has 0 bridgehead atoms. The van der Waals surface area contributed by atoms with Crippen molar-refractivity contribution in [1.29, 1.82) is 5.26 Å². The number of piperazine rings is 1. The molecule has 0 atom stereocenters. The monoisotopic (exact) mass is 540 g/mol. The van der Waals surface area contributed by atoms with Crippen LogP contribution in [-0.2, 0) is 11.3 Å². The Morgan fingerprint density at radius 3 is 2.62 bits per heavy atom. The van der Waals surface area contributed by atoms with Crippen LogP contribution >= 0.6 is 11.6 Å². The summed E-state index contributed by atoms with van der Waals surface area (Å²) in [5.74, 6) is -0.533. The van der Waals surface area contributed by atoms with Crippen molar-refractivity contribution >= 4 is 46.2 Å². The second-order valence-corrected chi connectivity index (χ2v) is 9.49. The molecule has 2 N–H and O–H groups in total. The van der Waals surface area contributed by atoms with Gasteiger partial charge in [0.15, 0.2) is 0 Å². The van der Waals surface area contributed by atoms with Gasteiger partial charge in [0.05, 0.1) is 22.5 Å². The molecule has 1 aliphatic rings. The molecule has 0 saturated carbocycles. The molecular weight excluding hydrogens is 516 g/mol. The number of carbonyl (C=O) groups excluding carboxylic acids is 2. The molecule has 196 valence electrons. The highest BCUT2D eigenvalue weighted by Crippen LogP contribution is 2.24. The molecule has 1 fully saturated rings. The van der Waals surface area contributed by atoms with E-state index in [1.807, 2.05) is 64.2 Å². The number of halogens is 1. The number of phenolic OH excluding ortho intramolecular Hbond substituents is 1. The fourth-order valence-electron chi connectivity index (χ4n) is 4.66. The molecule has 39 heavy (non-hydrogen) atoms. The number of anilines is 1. The number of nitrogens with one attached hydrogen (secondary N) is 1. The van der Waals surface area contributed by atoms with Gasteiger partial charge in [0.1, 0.15) is 18.4 Å². The van der Waals surface area contributed by atoms with Gasteiger partial charge in [0, 0.05) is 54.4 Å². The summed E-state index contributed by atoms with van der Waals surface area (Å²) in [6, 6.07) is 21.5. The number of benzene rings is 3. The van der Waals surface area contributed by atoms with E-state index in [0.717, 1.165) is 22.2 Å². The van der Waals surface area contributed by atoms with Crippen LogP contribution in [0.4, 0.5) is 5.69 Å². The number of hydrogen-bond acceptors (Lipinski definition) is 6. The summed E-state index contributed by atoms with van der Waals surface area (Å²) >= 11 is 5.87. The Balaban J connectivity index is 1.22. The molecule has 0 unspecified atom stereocenters. The topological polar surface area (TPSA) is 114 Å². The SMILES string of the molecule is N#Cc1ccccc1N1CCN(C(=O)Cn2ccc3c(C=NNC(=O)c4ccc(O)c(Cl)c4)cccc32)CC1. The van der Waals surface area contributed by atoms with Gasteiger partial charge in [-0.2, -0.15) is 10.4 Å². The highest BCUT2D eigenvalue weighted by atomic mass is 35.5. The predicted octanol–water partition coefficient (Wildman–Crippen LogP) is 3.98. The van der Waals surface area contributed by atoms with Crippen LogP contribution in [0.2, 0.25) is 5.02 Å². The average Bonchev–Trinajstić information content (AvgIpc) is 3.37. The minimum Gasteiger partial charge on any atom is -0.506 e. The van der Waals surface area contributed by atoms with Crippen molar-refractivity contribution in [2.24, 2.45) is 5.10 Å². The van der Waals surface area contributed by atoms with Gasteiger partial charge < -0.3 is 19.5 Å². The molecule has 5 rings (SSSR count). The zero-order chi connectivity index (χ0) is 27.4. The third kappa shape index (κ3) is 5.56. The van der Waals surface area contributed by atoms with E-state index in [4.69, 9.17) is 11.6 Å². The van der Waals surface area contributed by atoms with E-state index in [9.17, 15) is 20.0 Å². The van der Waals surface area contributed by atoms with Crippen molar-refractivity contribution < 1.29 is 14.7 Å². The molecule has 0 aliphatic carbocycles. The minimum atomic E-state index is -0.459. The van der Waals surface area contributed by atoms with Gasteiger partial charge in [-0.1, -0.05) is 35.9 Å². The molecule has 1 aliphatic heterocycles. The Hall–Kier alpha value is -4.81. The van der Waals surface area contributed by atoms with Crippen LogP contribution in [0.5, 0.6) is 5.75 Å². The standard InChI is InChI=1S/C29H25ClN6O3/c30-24-16-20(8-9-27(24)37)29(39)33-32-18-22-5-3-7-26-23(22)10-11-36(26)19-28(38)35-14-12-34(13-15-35)25-6-2-1-4-21(25)17-31/h1-11,16,18,37H,12-15,19H2,(H,33,39). The van der Waals surface area contributed by atoms with Crippen LogP contribution in [0.3, 0.4) is 0 Å². The molecule has 3 aromatic carbocycles. The maximum atomic E-state index is 13.1. The van der Waals surface area contributed by atoms with Gasteiger partial charge in [-0.15, -0.1) is 0 Å². The van der Waals surface area contributed by atoms with E-state index in [0.29, 0.717) is 31.7 Å². The summed E-state index contributed by atoms with van der Waals surface area (Å²) < 4.78 is 1.91. The number of hydrogen-bond donors (Lipinski definition) is 2. The molecule has 0 spiro atoms. The molecular formula is C29H25ClN6O3. The summed E-state index contributed by atoms with van der Waals surface area (Å²) in [5.41, 5.74) is 5.94. The largest absolute Gasteiger partial charge is 0.506 e. The summed E-state index contributed by atoms with van der Waals surface area (Å²) in [7, 11) is 0. The van der Waals surface area contributed by atoms with Crippen molar-refractivity contribution in [2.45, 2.75) is 6.54 Å². The zero-order valence-corrected chi connectivity index (χ0v) is 21.7. The Morgan fingerprint density at radius 2 is 1.85 bits per heavy atom. The van der Waals surface area contributed by atoms with E-state index < -0.39 is 5.91 Å². The Labute approximate surface area is 230 Å². The van der Waals surface area contributed by atoms with Gasteiger partial charge >= 0.3 is 0 Å². The normalized spacial score (nSPS) is 13.5. The number of para-hydroxylation sites is 1. The van der Waals surface area contributed by atoms with Crippen molar-refractivity contribution in [3.8, 4) is 11.8 Å². The maximum absolute atomic E-state index is 13.1. The smallest absolute Gasteiger partial charge is 0.271 e. The predicted molar refractivity (Wildman–Crippen MR) is 150 cm³/mol. The highest BCUT2D eigenvalue weighted by molar-refractivity contribution is 6.32. The number of carbonyl (C=O) groups is 2. The quantitative estimate of drug-likeness (QED) is 0.283. The molecule has 2 heterocycles. The zero-order valence-electron chi connectivity index (χ0n) is 20.9. The fourth-order valence-corrected chi connectivity index (χ4v) is 4.84. The van der Waals surface area contributed by atoms with Gasteiger partial charge in [0.2, 0.25) is 5.91 Å². The Morgan fingerprint density at radius 1 is 1.05 bits per heavy atom. The number of nitriles is 1. The van der Waals surface area contributed by atoms with Crippen molar-refractivity contribution in [3.05, 3.63) is 94.6 Å². The maximum Gasteiger partial charge on any atom is 0.271 e. The lowest BCUT2D eigenvalue weighted by atomic mass is 10.1. The summed E-state index contributed by atoms with van der Waals surface area (Å²) in [6.07, 6.45) is 3.42. The average molecular weight is 541 g/mol. The number of phenols is 1. The van der Waals surface area contributed by atoms with Crippen molar-refractivity contribution in [1.82, 2.24) is 14.9 Å². The van der Waals surface area contributed by atoms with Crippen LogP contribution in [0.15, 0.2) is 78.0 Å². The van der Waals surface area contributed by atoms with Gasteiger partial charge in [0.25, 0.3) is 5.91 Å². The lowest BCUT2D eigenvalue weighted by Gasteiger charge is -2.36. The van der Waals surface area contributed by atoms with Gasteiger partial charge in [-0.05, 0) is 42.5 Å². The molecule has 4 aromatic rings. The van der Waals surface area contributed by atoms with Crippen molar-refractivity contribution in [2.75, 3.05) is 31.1 Å². The van der Waals surface area contributed by atoms with Gasteiger partial charge in [-0.25, -0.2) is 5.43 Å². The number of nitrogens with zero attached hydrogens (tertiary/aromatic N) is 5. The van der Waals surface area contributed by atoms with Crippen LogP contribution in [0.25, 0.3) is 10.9 Å². The molecule has 9 nitrogen and oxygen atoms in total. The summed E-state index contributed by atoms with van der Waals surface area (Å²) in [4.78, 5) is 29.5. The molecule has 1 aromatic heterocycles. The number of aromatic nitrogens is 1. The first-order valence-electron chi connectivity index (χ1n) is 12.4. The highest BCUT2D eigenvalue weighted by Gasteiger charge is 2.23. The third-order valence-corrected chi connectivity index (χ3v) is 7.03. The lowest BCUT2D eigenvalue weighted by molar-refractivity contribution is -0.132. The van der Waals surface area contributed by atoms with Crippen LogP contribution in [0, 0.1) is 11.3 Å². The molecule has 2 amide bonds. The summed E-state index contributed by atoms with van der Waals surface area (Å²) in [6.45, 7) is 2.71. The second-order valence-electron chi connectivity index (χ2n) is 9.09. The fraction of sp³-hybridized carbons (Fsp3) is 0.172.